The molecule has 1 heterocycles. The molecular formula is C30H46N4O6. The van der Waals surface area contributed by atoms with Gasteiger partial charge in [0, 0.05) is 13.1 Å². The fraction of sp³-hybridized carbons (Fsp3) is 0.767. The number of carbonyl (C=O) groups is 5. The second-order valence-corrected chi connectivity index (χ2v) is 12.7. The summed E-state index contributed by atoms with van der Waals surface area (Å²) in [7, 11) is 0. The lowest BCUT2D eigenvalue weighted by Gasteiger charge is -2.37. The summed E-state index contributed by atoms with van der Waals surface area (Å²) < 4.78 is 5.41. The zero-order valence-corrected chi connectivity index (χ0v) is 24.2. The number of ketones is 1. The molecule has 1 unspecified atom stereocenters. The predicted octanol–water partition coefficient (Wildman–Crippen LogP) is 2.71. The first kappa shape index (κ1) is 30.1. The van der Waals surface area contributed by atoms with Crippen LogP contribution in [0.5, 0.6) is 0 Å². The van der Waals surface area contributed by atoms with Gasteiger partial charge in [-0.1, -0.05) is 52.5 Å². The van der Waals surface area contributed by atoms with Crippen molar-refractivity contribution in [3.05, 3.63) is 12.7 Å². The van der Waals surface area contributed by atoms with Gasteiger partial charge in [-0.05, 0) is 61.2 Å². The van der Waals surface area contributed by atoms with Gasteiger partial charge in [0.2, 0.25) is 17.6 Å². The Hall–Kier alpha value is -2.91. The zero-order chi connectivity index (χ0) is 29.0. The molecule has 4 amide bonds. The number of nitrogens with one attached hydrogen (secondary N) is 3. The van der Waals surface area contributed by atoms with Crippen molar-refractivity contribution in [3.63, 3.8) is 0 Å². The summed E-state index contributed by atoms with van der Waals surface area (Å²) in [6.45, 7) is 10.5. The molecule has 3 aliphatic carbocycles. The number of amides is 4. The minimum Gasteiger partial charge on any atom is -0.449 e. The van der Waals surface area contributed by atoms with Crippen molar-refractivity contribution in [2.45, 2.75) is 96.7 Å². The number of nitrogens with zero attached hydrogens (tertiary/aromatic N) is 1. The van der Waals surface area contributed by atoms with Crippen LogP contribution in [-0.4, -0.2) is 72.3 Å². The van der Waals surface area contributed by atoms with E-state index in [1.54, 1.807) is 4.90 Å². The molecule has 5 atom stereocenters. The highest BCUT2D eigenvalue weighted by atomic mass is 16.5. The van der Waals surface area contributed by atoms with Crippen LogP contribution in [0.2, 0.25) is 0 Å². The molecular weight excluding hydrogens is 512 g/mol. The lowest BCUT2D eigenvalue weighted by atomic mass is 9.83. The minimum atomic E-state index is -0.982. The first-order valence-corrected chi connectivity index (χ1v) is 15.1. The van der Waals surface area contributed by atoms with Crippen molar-refractivity contribution >= 4 is 29.6 Å². The van der Waals surface area contributed by atoms with E-state index in [2.05, 4.69) is 36.4 Å². The third-order valence-electron chi connectivity index (χ3n) is 9.41. The number of likely N-dealkylation sites (tertiary alicyclic amines) is 1. The number of fused-ring (bicyclic) bond motifs is 1. The van der Waals surface area contributed by atoms with E-state index >= 15 is 0 Å². The molecule has 4 fully saturated rings. The smallest absolute Gasteiger partial charge is 0.407 e. The Labute approximate surface area is 237 Å². The summed E-state index contributed by atoms with van der Waals surface area (Å²) in [6, 6.07) is -2.52. The van der Waals surface area contributed by atoms with Gasteiger partial charge in [-0.3, -0.25) is 19.2 Å². The second kappa shape index (κ2) is 12.7. The number of carbonyl (C=O) groups excluding carboxylic acids is 5. The van der Waals surface area contributed by atoms with E-state index in [9.17, 15) is 24.0 Å². The monoisotopic (exact) mass is 558 g/mol. The number of rotatable bonds is 13. The van der Waals surface area contributed by atoms with Crippen molar-refractivity contribution in [1.82, 2.24) is 20.9 Å². The van der Waals surface area contributed by atoms with E-state index in [0.29, 0.717) is 31.9 Å². The average Bonchev–Trinajstić information content (AvgIpc) is 3.81. The van der Waals surface area contributed by atoms with E-state index in [-0.39, 0.29) is 35.6 Å². The summed E-state index contributed by atoms with van der Waals surface area (Å²) in [5.74, 6) is -1.68. The fourth-order valence-corrected chi connectivity index (χ4v) is 6.71. The summed E-state index contributed by atoms with van der Waals surface area (Å²) in [6.07, 6.45) is 8.64. The Morgan fingerprint density at radius 2 is 1.75 bits per heavy atom. The van der Waals surface area contributed by atoms with Crippen LogP contribution >= 0.6 is 0 Å². The van der Waals surface area contributed by atoms with Gasteiger partial charge >= 0.3 is 6.09 Å². The summed E-state index contributed by atoms with van der Waals surface area (Å²) in [4.78, 5) is 67.5. The topological polar surface area (TPSA) is 134 Å². The standard InChI is InChI=1S/C30H46N4O6/c1-5-10-21(25(35)27(37)31-15-6-2)32-26(36)24-22-20(30(22,3)4)16-34(24)28(38)23(19-11-8-7-9-12-19)33-29(39)40-17-18-13-14-18/h6,18-24H,2,5,7-17H2,1,3-4H3,(H,31,37)(H,32,36)(H,33,39)/t20-,21?,22-,23-,24-/m0/s1. The lowest BCUT2D eigenvalue weighted by molar-refractivity contribution is -0.145. The van der Waals surface area contributed by atoms with Crippen LogP contribution < -0.4 is 16.0 Å². The largest absolute Gasteiger partial charge is 0.449 e. The molecule has 0 bridgehead atoms. The van der Waals surface area contributed by atoms with Crippen molar-refractivity contribution in [2.75, 3.05) is 19.7 Å². The van der Waals surface area contributed by atoms with Gasteiger partial charge in [-0.15, -0.1) is 6.58 Å². The maximum atomic E-state index is 14.1. The maximum Gasteiger partial charge on any atom is 0.407 e. The van der Waals surface area contributed by atoms with Gasteiger partial charge in [0.25, 0.3) is 5.91 Å². The normalized spacial score (nSPS) is 26.6. The first-order valence-electron chi connectivity index (χ1n) is 15.1. The maximum absolute atomic E-state index is 14.1. The predicted molar refractivity (Wildman–Crippen MR) is 149 cm³/mol. The van der Waals surface area contributed by atoms with E-state index in [1.807, 2.05) is 6.92 Å². The molecule has 40 heavy (non-hydrogen) atoms. The van der Waals surface area contributed by atoms with Crippen LogP contribution in [0, 0.1) is 29.1 Å². The van der Waals surface area contributed by atoms with Gasteiger partial charge in [0.15, 0.2) is 0 Å². The molecule has 10 heteroatoms. The minimum absolute atomic E-state index is 0.0219. The Morgan fingerprint density at radius 1 is 1.05 bits per heavy atom. The number of hydrogen-bond donors (Lipinski definition) is 3. The van der Waals surface area contributed by atoms with Crippen LogP contribution in [0.4, 0.5) is 4.79 Å². The lowest BCUT2D eigenvalue weighted by Crippen LogP contribution is -2.59. The molecule has 1 aliphatic heterocycles. The third-order valence-corrected chi connectivity index (χ3v) is 9.41. The van der Waals surface area contributed by atoms with E-state index in [1.165, 1.54) is 6.08 Å². The molecule has 4 rings (SSSR count). The van der Waals surface area contributed by atoms with Crippen LogP contribution in [0.3, 0.4) is 0 Å². The van der Waals surface area contributed by atoms with E-state index in [4.69, 9.17) is 4.74 Å². The molecule has 0 aromatic carbocycles. The highest BCUT2D eigenvalue weighted by Crippen LogP contribution is 2.65. The van der Waals surface area contributed by atoms with Crippen molar-refractivity contribution in [2.24, 2.45) is 29.1 Å². The van der Waals surface area contributed by atoms with Crippen molar-refractivity contribution in [1.29, 1.82) is 0 Å². The molecule has 0 spiro atoms. The summed E-state index contributed by atoms with van der Waals surface area (Å²) in [5.41, 5.74) is -0.124. The van der Waals surface area contributed by atoms with Crippen LogP contribution in [-0.2, 0) is 23.9 Å². The number of ether oxygens (including phenoxy) is 1. The van der Waals surface area contributed by atoms with E-state index < -0.39 is 41.8 Å². The van der Waals surface area contributed by atoms with Gasteiger partial charge in [-0.25, -0.2) is 4.79 Å². The van der Waals surface area contributed by atoms with Gasteiger partial charge in [-0.2, -0.15) is 0 Å². The molecule has 3 N–H and O–H groups in total. The second-order valence-electron chi connectivity index (χ2n) is 12.7. The van der Waals surface area contributed by atoms with Crippen LogP contribution in [0.25, 0.3) is 0 Å². The number of piperidine rings is 1. The molecule has 10 nitrogen and oxygen atoms in total. The molecule has 4 aliphatic rings. The summed E-state index contributed by atoms with van der Waals surface area (Å²) >= 11 is 0. The Balaban J connectivity index is 1.51. The highest BCUT2D eigenvalue weighted by Gasteiger charge is 2.69. The third kappa shape index (κ3) is 6.69. The zero-order valence-electron chi connectivity index (χ0n) is 24.2. The SMILES string of the molecule is C=CCNC(=O)C(=O)C(CCC)NC(=O)[C@@H]1[C@@H]2[C@H](CN1C(=O)[C@@H](NC(=O)OCC1CC1)C1CCCCC1)C2(C)C. The van der Waals surface area contributed by atoms with Gasteiger partial charge in [0.1, 0.15) is 12.1 Å². The van der Waals surface area contributed by atoms with Crippen molar-refractivity contribution in [3.8, 4) is 0 Å². The highest BCUT2D eigenvalue weighted by molar-refractivity contribution is 6.38. The van der Waals surface area contributed by atoms with Gasteiger partial charge < -0.3 is 25.6 Å². The number of alkyl carbamates (subject to hydrolysis) is 1. The Bertz CT molecular complexity index is 1000. The molecule has 222 valence electrons. The van der Waals surface area contributed by atoms with Crippen LogP contribution in [0.15, 0.2) is 12.7 Å². The number of Topliss-reactive ketones (excluding diaryl/α,β-unsaturated/α-hetero) is 1. The van der Waals surface area contributed by atoms with Crippen molar-refractivity contribution < 1.29 is 28.7 Å². The summed E-state index contributed by atoms with van der Waals surface area (Å²) in [5, 5.41) is 8.17. The molecule has 1 saturated heterocycles. The quantitative estimate of drug-likeness (QED) is 0.235. The average molecular weight is 559 g/mol. The molecule has 0 radical (unpaired) electrons. The first-order chi connectivity index (χ1) is 19.1. The number of hydrogen-bond acceptors (Lipinski definition) is 6. The Kier molecular flexibility index (Phi) is 9.56. The molecule has 0 aromatic heterocycles. The molecule has 0 aromatic rings. The van der Waals surface area contributed by atoms with Crippen LogP contribution in [0.1, 0.15) is 78.6 Å². The Morgan fingerprint density at radius 3 is 2.38 bits per heavy atom. The van der Waals surface area contributed by atoms with E-state index in [0.717, 1.165) is 44.9 Å². The fourth-order valence-electron chi connectivity index (χ4n) is 6.71. The molecule has 3 saturated carbocycles. The van der Waals surface area contributed by atoms with Gasteiger partial charge in [0.05, 0.1) is 12.6 Å².